The standard InChI is InChI=1S/C9H15NO2/c1-4-7-10-9(11)6-5-8(2)12-3/h1,8H,5-7H2,2-3H3,(H,10,11). The van der Waals surface area contributed by atoms with Crippen molar-refractivity contribution in [1.82, 2.24) is 5.32 Å². The number of rotatable bonds is 5. The molecule has 0 spiro atoms. The third-order valence-electron chi connectivity index (χ3n) is 1.57. The summed E-state index contributed by atoms with van der Waals surface area (Å²) in [5, 5.41) is 2.58. The first-order chi connectivity index (χ1) is 5.70. The molecule has 0 saturated heterocycles. The topological polar surface area (TPSA) is 38.3 Å². The summed E-state index contributed by atoms with van der Waals surface area (Å²) >= 11 is 0. The van der Waals surface area contributed by atoms with E-state index in [2.05, 4.69) is 11.2 Å². The van der Waals surface area contributed by atoms with Gasteiger partial charge in [0.05, 0.1) is 12.6 Å². The predicted molar refractivity (Wildman–Crippen MR) is 47.5 cm³/mol. The molecule has 0 aliphatic carbocycles. The fraction of sp³-hybridized carbons (Fsp3) is 0.667. The molecular weight excluding hydrogens is 154 g/mol. The van der Waals surface area contributed by atoms with Gasteiger partial charge < -0.3 is 10.1 Å². The Morgan fingerprint density at radius 1 is 1.75 bits per heavy atom. The van der Waals surface area contributed by atoms with E-state index < -0.39 is 0 Å². The van der Waals surface area contributed by atoms with Gasteiger partial charge in [-0.25, -0.2) is 0 Å². The summed E-state index contributed by atoms with van der Waals surface area (Å²) < 4.78 is 4.98. The smallest absolute Gasteiger partial charge is 0.220 e. The molecule has 0 radical (unpaired) electrons. The second kappa shape index (κ2) is 6.68. The summed E-state index contributed by atoms with van der Waals surface area (Å²) in [6.45, 7) is 2.23. The first kappa shape index (κ1) is 11.0. The number of hydrogen-bond donors (Lipinski definition) is 1. The van der Waals surface area contributed by atoms with Crippen molar-refractivity contribution in [2.45, 2.75) is 25.9 Å². The number of ether oxygens (including phenoxy) is 1. The van der Waals surface area contributed by atoms with E-state index in [0.29, 0.717) is 13.0 Å². The minimum absolute atomic E-state index is 0.0168. The van der Waals surface area contributed by atoms with Crippen molar-refractivity contribution in [3.63, 3.8) is 0 Å². The van der Waals surface area contributed by atoms with E-state index in [0.717, 1.165) is 6.42 Å². The molecule has 68 valence electrons. The van der Waals surface area contributed by atoms with Gasteiger partial charge in [-0.15, -0.1) is 6.42 Å². The average molecular weight is 169 g/mol. The number of terminal acetylenes is 1. The average Bonchev–Trinajstić information content (AvgIpc) is 2.10. The molecule has 0 fully saturated rings. The molecule has 0 aromatic heterocycles. The van der Waals surface area contributed by atoms with Gasteiger partial charge in [0.15, 0.2) is 0 Å². The normalized spacial score (nSPS) is 11.8. The summed E-state index contributed by atoms with van der Waals surface area (Å²) in [5.74, 6) is 2.32. The molecular formula is C9H15NO2. The van der Waals surface area contributed by atoms with Crippen molar-refractivity contribution in [2.75, 3.05) is 13.7 Å². The predicted octanol–water partition coefficient (Wildman–Crippen LogP) is 0.551. The second-order valence-electron chi connectivity index (χ2n) is 2.57. The lowest BCUT2D eigenvalue weighted by atomic mass is 10.2. The summed E-state index contributed by atoms with van der Waals surface area (Å²) in [7, 11) is 1.63. The maximum atomic E-state index is 11.0. The van der Waals surface area contributed by atoms with Crippen LogP contribution in [0, 0.1) is 12.3 Å². The Kier molecular flexibility index (Phi) is 6.12. The molecule has 0 bridgehead atoms. The molecule has 0 saturated carbocycles. The van der Waals surface area contributed by atoms with Crippen LogP contribution in [-0.4, -0.2) is 25.7 Å². The van der Waals surface area contributed by atoms with Crippen molar-refractivity contribution >= 4 is 5.91 Å². The molecule has 12 heavy (non-hydrogen) atoms. The van der Waals surface area contributed by atoms with E-state index in [1.807, 2.05) is 6.92 Å². The molecule has 0 rings (SSSR count). The summed E-state index contributed by atoms with van der Waals surface area (Å²) in [6.07, 6.45) is 6.29. The van der Waals surface area contributed by atoms with E-state index in [1.165, 1.54) is 0 Å². The van der Waals surface area contributed by atoms with Gasteiger partial charge in [0, 0.05) is 13.5 Å². The monoisotopic (exact) mass is 169 g/mol. The van der Waals surface area contributed by atoms with E-state index in [4.69, 9.17) is 11.2 Å². The van der Waals surface area contributed by atoms with Crippen molar-refractivity contribution in [2.24, 2.45) is 0 Å². The molecule has 1 atom stereocenters. The van der Waals surface area contributed by atoms with Gasteiger partial charge in [-0.1, -0.05) is 5.92 Å². The highest BCUT2D eigenvalue weighted by molar-refractivity contribution is 5.76. The molecule has 0 aromatic rings. The zero-order valence-corrected chi connectivity index (χ0v) is 7.59. The van der Waals surface area contributed by atoms with Gasteiger partial charge in [-0.2, -0.15) is 0 Å². The quantitative estimate of drug-likeness (QED) is 0.610. The number of carbonyl (C=O) groups excluding carboxylic acids is 1. The molecule has 3 heteroatoms. The number of amides is 1. The van der Waals surface area contributed by atoms with E-state index in [1.54, 1.807) is 7.11 Å². The molecule has 0 aromatic carbocycles. The lowest BCUT2D eigenvalue weighted by Crippen LogP contribution is -2.24. The number of hydrogen-bond acceptors (Lipinski definition) is 2. The minimum Gasteiger partial charge on any atom is -0.382 e. The van der Waals surface area contributed by atoms with Crippen LogP contribution in [0.15, 0.2) is 0 Å². The van der Waals surface area contributed by atoms with Crippen LogP contribution in [-0.2, 0) is 9.53 Å². The number of nitrogens with one attached hydrogen (secondary N) is 1. The number of methoxy groups -OCH3 is 1. The zero-order valence-electron chi connectivity index (χ0n) is 7.59. The molecule has 3 nitrogen and oxygen atoms in total. The Morgan fingerprint density at radius 3 is 2.92 bits per heavy atom. The van der Waals surface area contributed by atoms with E-state index >= 15 is 0 Å². The maximum absolute atomic E-state index is 11.0. The first-order valence-electron chi connectivity index (χ1n) is 3.93. The lowest BCUT2D eigenvalue weighted by Gasteiger charge is -2.07. The highest BCUT2D eigenvalue weighted by Gasteiger charge is 2.03. The second-order valence-corrected chi connectivity index (χ2v) is 2.57. The van der Waals surface area contributed by atoms with Crippen LogP contribution in [0.2, 0.25) is 0 Å². The van der Waals surface area contributed by atoms with Crippen molar-refractivity contribution in [1.29, 1.82) is 0 Å². The Hall–Kier alpha value is -1.01. The summed E-state index contributed by atoms with van der Waals surface area (Å²) in [5.41, 5.74) is 0. The lowest BCUT2D eigenvalue weighted by molar-refractivity contribution is -0.121. The highest BCUT2D eigenvalue weighted by atomic mass is 16.5. The molecule has 1 amide bonds. The van der Waals surface area contributed by atoms with Crippen LogP contribution >= 0.6 is 0 Å². The van der Waals surface area contributed by atoms with E-state index in [-0.39, 0.29) is 12.0 Å². The SMILES string of the molecule is C#CCNC(=O)CCC(C)OC. The molecule has 1 N–H and O–H groups in total. The van der Waals surface area contributed by atoms with Crippen molar-refractivity contribution < 1.29 is 9.53 Å². The van der Waals surface area contributed by atoms with Gasteiger partial charge in [0.2, 0.25) is 5.91 Å². The van der Waals surface area contributed by atoms with Crippen LogP contribution in [0.5, 0.6) is 0 Å². The largest absolute Gasteiger partial charge is 0.382 e. The molecule has 1 unspecified atom stereocenters. The fourth-order valence-corrected chi connectivity index (χ4v) is 0.690. The maximum Gasteiger partial charge on any atom is 0.220 e. The van der Waals surface area contributed by atoms with Crippen LogP contribution in [0.1, 0.15) is 19.8 Å². The Labute approximate surface area is 73.5 Å². The Morgan fingerprint density at radius 2 is 2.42 bits per heavy atom. The van der Waals surface area contributed by atoms with Gasteiger partial charge in [0.25, 0.3) is 0 Å². The van der Waals surface area contributed by atoms with Gasteiger partial charge in [0.1, 0.15) is 0 Å². The van der Waals surface area contributed by atoms with Crippen LogP contribution in [0.25, 0.3) is 0 Å². The fourth-order valence-electron chi connectivity index (χ4n) is 0.690. The van der Waals surface area contributed by atoms with Gasteiger partial charge in [-0.05, 0) is 13.3 Å². The number of carbonyl (C=O) groups is 1. The van der Waals surface area contributed by atoms with Gasteiger partial charge >= 0.3 is 0 Å². The van der Waals surface area contributed by atoms with Crippen LogP contribution in [0.3, 0.4) is 0 Å². The third kappa shape index (κ3) is 5.75. The Balaban J connectivity index is 3.38. The molecule has 0 aliphatic heterocycles. The molecule has 0 aliphatic rings. The van der Waals surface area contributed by atoms with Gasteiger partial charge in [-0.3, -0.25) is 4.79 Å². The zero-order chi connectivity index (χ0) is 9.40. The molecule has 0 heterocycles. The Bertz CT molecular complexity index is 172. The third-order valence-corrected chi connectivity index (χ3v) is 1.57. The van der Waals surface area contributed by atoms with Crippen molar-refractivity contribution in [3.8, 4) is 12.3 Å². The minimum atomic E-state index is -0.0168. The first-order valence-corrected chi connectivity index (χ1v) is 3.93. The highest BCUT2D eigenvalue weighted by Crippen LogP contribution is 1.98. The summed E-state index contributed by atoms with van der Waals surface area (Å²) in [4.78, 5) is 11.0. The van der Waals surface area contributed by atoms with E-state index in [9.17, 15) is 4.79 Å². The summed E-state index contributed by atoms with van der Waals surface area (Å²) in [6, 6.07) is 0. The van der Waals surface area contributed by atoms with Crippen LogP contribution < -0.4 is 5.32 Å². The van der Waals surface area contributed by atoms with Crippen LogP contribution in [0.4, 0.5) is 0 Å². The van der Waals surface area contributed by atoms with Crippen molar-refractivity contribution in [3.05, 3.63) is 0 Å².